The predicted molar refractivity (Wildman–Crippen MR) is 123 cm³/mol. The fraction of sp³-hybridized carbons (Fsp3) is 0.500. The molecule has 2 aliphatic rings. The Balaban J connectivity index is 1.83. The third-order valence-corrected chi connectivity index (χ3v) is 6.20. The first-order valence-corrected chi connectivity index (χ1v) is 11.2. The number of carbonyl (C=O) groups excluding carboxylic acids is 1. The number of rotatable bonds is 7. The maximum atomic E-state index is 11.6. The second-order valence-electron chi connectivity index (χ2n) is 9.24. The van der Waals surface area contributed by atoms with E-state index in [-0.39, 0.29) is 17.5 Å². The molecule has 2 heterocycles. The quantitative estimate of drug-likeness (QED) is 0.517. The number of nitrogens with one attached hydrogen (secondary N) is 1. The van der Waals surface area contributed by atoms with Gasteiger partial charge in [0, 0.05) is 12.1 Å². The fourth-order valence-corrected chi connectivity index (χ4v) is 4.50. The molecular formula is C24H32N4O4. The molecule has 1 aliphatic carbocycles. The number of nitrogens with two attached hydrogens (primary N) is 2. The molecule has 8 heteroatoms. The average molecular weight is 441 g/mol. The van der Waals surface area contributed by atoms with Crippen LogP contribution in [0.1, 0.15) is 56.6 Å². The predicted octanol–water partition coefficient (Wildman–Crippen LogP) is 3.62. The van der Waals surface area contributed by atoms with Crippen LogP contribution in [-0.4, -0.2) is 35.9 Å². The number of ether oxygens (including phenoxy) is 2. The Kier molecular flexibility index (Phi) is 6.15. The standard InChI is InChI=1S/C24H32N4O4/c1-24(2,32-23(26)30)21-16(15-5-4-10-27-12-15)11-17(28-22(21)25)20-18(29)6-3-7-19(20)31-13-14-8-9-14/h3,6-7,11,14-15,27,29H,4-5,8-10,12-13H2,1-2H3,(H2,25,28)(H2,26,30). The Morgan fingerprint density at radius 2 is 2.09 bits per heavy atom. The number of nitrogens with zero attached hydrogens (tertiary/aromatic N) is 1. The van der Waals surface area contributed by atoms with E-state index < -0.39 is 11.7 Å². The van der Waals surface area contributed by atoms with Gasteiger partial charge in [0.15, 0.2) is 0 Å². The summed E-state index contributed by atoms with van der Waals surface area (Å²) >= 11 is 0. The lowest BCUT2D eigenvalue weighted by atomic mass is 9.82. The summed E-state index contributed by atoms with van der Waals surface area (Å²) in [5.41, 5.74) is 13.4. The highest BCUT2D eigenvalue weighted by Gasteiger charge is 2.34. The lowest BCUT2D eigenvalue weighted by molar-refractivity contribution is 0.0426. The molecule has 0 radical (unpaired) electrons. The number of amides is 1. The number of anilines is 1. The summed E-state index contributed by atoms with van der Waals surface area (Å²) in [5.74, 6) is 1.63. The molecule has 0 spiro atoms. The van der Waals surface area contributed by atoms with Gasteiger partial charge in [0.1, 0.15) is 22.9 Å². The number of phenolic OH excluding ortho intramolecular Hbond substituents is 1. The lowest BCUT2D eigenvalue weighted by Gasteiger charge is -2.33. The van der Waals surface area contributed by atoms with E-state index in [1.807, 2.05) is 12.1 Å². The molecule has 172 valence electrons. The zero-order chi connectivity index (χ0) is 22.9. The van der Waals surface area contributed by atoms with E-state index in [4.69, 9.17) is 20.9 Å². The van der Waals surface area contributed by atoms with Crippen LogP contribution >= 0.6 is 0 Å². The van der Waals surface area contributed by atoms with Crippen molar-refractivity contribution in [3.8, 4) is 22.8 Å². The second kappa shape index (κ2) is 8.86. The van der Waals surface area contributed by atoms with Crippen molar-refractivity contribution >= 4 is 11.9 Å². The maximum absolute atomic E-state index is 11.6. The molecule has 1 unspecified atom stereocenters. The van der Waals surface area contributed by atoms with Gasteiger partial charge in [-0.3, -0.25) is 0 Å². The number of nitrogen functional groups attached to an aromatic ring is 1. The van der Waals surface area contributed by atoms with Crippen molar-refractivity contribution in [2.75, 3.05) is 25.4 Å². The zero-order valence-electron chi connectivity index (χ0n) is 18.7. The molecule has 1 aliphatic heterocycles. The molecule has 1 aromatic heterocycles. The van der Waals surface area contributed by atoms with Crippen LogP contribution in [0.25, 0.3) is 11.3 Å². The van der Waals surface area contributed by atoms with E-state index in [1.54, 1.807) is 26.0 Å². The first-order valence-electron chi connectivity index (χ1n) is 11.2. The highest BCUT2D eigenvalue weighted by atomic mass is 16.6. The minimum atomic E-state index is -1.06. The van der Waals surface area contributed by atoms with Crippen molar-refractivity contribution in [3.05, 3.63) is 35.4 Å². The van der Waals surface area contributed by atoms with Gasteiger partial charge in [-0.25, -0.2) is 9.78 Å². The number of carbonyl (C=O) groups is 1. The van der Waals surface area contributed by atoms with Gasteiger partial charge in [-0.1, -0.05) is 6.07 Å². The number of piperidine rings is 1. The van der Waals surface area contributed by atoms with Gasteiger partial charge in [-0.15, -0.1) is 0 Å². The van der Waals surface area contributed by atoms with Crippen molar-refractivity contribution in [1.29, 1.82) is 0 Å². The molecule has 1 saturated carbocycles. The summed E-state index contributed by atoms with van der Waals surface area (Å²) in [6.07, 6.45) is 3.44. The van der Waals surface area contributed by atoms with Crippen LogP contribution < -0.4 is 21.5 Å². The maximum Gasteiger partial charge on any atom is 0.405 e. The molecule has 1 amide bonds. The Morgan fingerprint density at radius 1 is 1.31 bits per heavy atom. The molecule has 6 N–H and O–H groups in total. The number of benzene rings is 1. The van der Waals surface area contributed by atoms with E-state index in [9.17, 15) is 9.90 Å². The summed E-state index contributed by atoms with van der Waals surface area (Å²) in [4.78, 5) is 16.2. The number of aromatic hydroxyl groups is 1. The molecule has 32 heavy (non-hydrogen) atoms. The largest absolute Gasteiger partial charge is 0.507 e. The molecule has 2 aromatic rings. The summed E-state index contributed by atoms with van der Waals surface area (Å²) in [5, 5.41) is 14.1. The van der Waals surface area contributed by atoms with Crippen molar-refractivity contribution in [2.24, 2.45) is 11.7 Å². The Hall–Kier alpha value is -3.00. The summed E-state index contributed by atoms with van der Waals surface area (Å²) < 4.78 is 11.5. The number of hydrogen-bond donors (Lipinski definition) is 4. The minimum absolute atomic E-state index is 0.0818. The van der Waals surface area contributed by atoms with Gasteiger partial charge in [0.05, 0.1) is 17.9 Å². The Bertz CT molecular complexity index is 998. The Labute approximate surface area is 188 Å². The molecule has 1 saturated heterocycles. The number of hydrogen-bond acceptors (Lipinski definition) is 7. The second-order valence-corrected chi connectivity index (χ2v) is 9.24. The van der Waals surface area contributed by atoms with Gasteiger partial charge in [-0.2, -0.15) is 0 Å². The van der Waals surface area contributed by atoms with Crippen LogP contribution in [0.4, 0.5) is 10.6 Å². The SMILES string of the molecule is CC(C)(OC(N)=O)c1c(C2CCCNC2)cc(-c2c(O)cccc2OCC2CC2)nc1N. The molecule has 1 aromatic carbocycles. The summed E-state index contributed by atoms with van der Waals surface area (Å²) in [6.45, 7) is 5.86. The number of primary amides is 1. The Morgan fingerprint density at radius 3 is 2.75 bits per heavy atom. The third kappa shape index (κ3) is 4.75. The van der Waals surface area contributed by atoms with E-state index in [0.717, 1.165) is 31.5 Å². The fourth-order valence-electron chi connectivity index (χ4n) is 4.50. The van der Waals surface area contributed by atoms with Crippen LogP contribution in [0.5, 0.6) is 11.5 Å². The summed E-state index contributed by atoms with van der Waals surface area (Å²) in [7, 11) is 0. The molecule has 1 atom stereocenters. The lowest BCUT2D eigenvalue weighted by Crippen LogP contribution is -2.34. The smallest absolute Gasteiger partial charge is 0.405 e. The van der Waals surface area contributed by atoms with E-state index >= 15 is 0 Å². The van der Waals surface area contributed by atoms with E-state index in [1.165, 1.54) is 12.8 Å². The van der Waals surface area contributed by atoms with Gasteiger partial charge < -0.3 is 31.4 Å². The van der Waals surface area contributed by atoms with Gasteiger partial charge in [-0.05, 0) is 81.7 Å². The third-order valence-electron chi connectivity index (χ3n) is 6.20. The summed E-state index contributed by atoms with van der Waals surface area (Å²) in [6, 6.07) is 7.15. The molecule has 4 rings (SSSR count). The number of pyridine rings is 1. The van der Waals surface area contributed by atoms with Crippen LogP contribution in [-0.2, 0) is 10.3 Å². The normalized spacial score (nSPS) is 18.9. The topological polar surface area (TPSA) is 133 Å². The molecule has 2 fully saturated rings. The van der Waals surface area contributed by atoms with E-state index in [0.29, 0.717) is 35.1 Å². The van der Waals surface area contributed by atoms with Crippen LogP contribution in [0.3, 0.4) is 0 Å². The van der Waals surface area contributed by atoms with Crippen molar-refractivity contribution in [1.82, 2.24) is 10.3 Å². The molecular weight excluding hydrogens is 408 g/mol. The van der Waals surface area contributed by atoms with Gasteiger partial charge >= 0.3 is 6.09 Å². The number of phenols is 1. The van der Waals surface area contributed by atoms with Crippen molar-refractivity contribution < 1.29 is 19.4 Å². The average Bonchev–Trinajstić information content (AvgIpc) is 3.55. The molecule has 8 nitrogen and oxygen atoms in total. The van der Waals surface area contributed by atoms with Crippen LogP contribution in [0.2, 0.25) is 0 Å². The van der Waals surface area contributed by atoms with Crippen LogP contribution in [0.15, 0.2) is 24.3 Å². The first-order chi connectivity index (χ1) is 15.3. The number of aromatic nitrogens is 1. The monoisotopic (exact) mass is 440 g/mol. The highest BCUT2D eigenvalue weighted by Crippen LogP contribution is 2.43. The first kappa shape index (κ1) is 22.2. The zero-order valence-corrected chi connectivity index (χ0v) is 18.7. The van der Waals surface area contributed by atoms with Crippen molar-refractivity contribution in [2.45, 2.75) is 51.0 Å². The highest BCUT2D eigenvalue weighted by molar-refractivity contribution is 5.76. The van der Waals surface area contributed by atoms with Gasteiger partial charge in [0.25, 0.3) is 0 Å². The van der Waals surface area contributed by atoms with Crippen molar-refractivity contribution in [3.63, 3.8) is 0 Å². The minimum Gasteiger partial charge on any atom is -0.507 e. The van der Waals surface area contributed by atoms with E-state index in [2.05, 4.69) is 10.3 Å². The molecule has 0 bridgehead atoms. The van der Waals surface area contributed by atoms with Gasteiger partial charge in [0.2, 0.25) is 0 Å². The van der Waals surface area contributed by atoms with Crippen LogP contribution in [0, 0.1) is 5.92 Å².